The lowest BCUT2D eigenvalue weighted by atomic mass is 10.1. The van der Waals surface area contributed by atoms with E-state index < -0.39 is 34.4 Å². The van der Waals surface area contributed by atoms with Gasteiger partial charge in [-0.05, 0) is 49.2 Å². The summed E-state index contributed by atoms with van der Waals surface area (Å²) in [6.45, 7) is 0.612. The van der Waals surface area contributed by atoms with E-state index in [9.17, 15) is 24.5 Å². The van der Waals surface area contributed by atoms with Crippen molar-refractivity contribution >= 4 is 52.3 Å². The minimum Gasteiger partial charge on any atom is -0.376 e. The predicted molar refractivity (Wildman–Crippen MR) is 120 cm³/mol. The van der Waals surface area contributed by atoms with Crippen LogP contribution in [0.3, 0.4) is 0 Å². The fraction of sp³-hybridized carbons (Fsp3) is 0.318. The maximum Gasteiger partial charge on any atom is 0.288 e. The summed E-state index contributed by atoms with van der Waals surface area (Å²) in [5.74, 6) is -1.63. The summed E-state index contributed by atoms with van der Waals surface area (Å²) in [6, 6.07) is 8.85. The number of benzene rings is 2. The molecule has 172 valence electrons. The highest BCUT2D eigenvalue weighted by molar-refractivity contribution is 6.33. The van der Waals surface area contributed by atoms with E-state index in [1.807, 2.05) is 0 Å². The van der Waals surface area contributed by atoms with Gasteiger partial charge < -0.3 is 9.64 Å². The van der Waals surface area contributed by atoms with E-state index in [1.54, 1.807) is 24.3 Å². The zero-order valence-corrected chi connectivity index (χ0v) is 18.8. The molecule has 2 heterocycles. The van der Waals surface area contributed by atoms with Crippen molar-refractivity contribution in [2.45, 2.75) is 31.4 Å². The van der Waals surface area contributed by atoms with E-state index in [4.69, 9.17) is 27.9 Å². The zero-order chi connectivity index (χ0) is 23.7. The SMILES string of the molecule is O=C1CC(N(CC2CCCO2)C(=O)c2ccc(Cl)c([N+](=O)[O-])c2)C(=O)N1c1ccc(Cl)cc1. The van der Waals surface area contributed by atoms with Gasteiger partial charge >= 0.3 is 0 Å². The first kappa shape index (κ1) is 23.2. The van der Waals surface area contributed by atoms with Gasteiger partial charge in [0.25, 0.3) is 17.5 Å². The molecule has 3 amide bonds. The molecule has 2 aliphatic rings. The first-order valence-corrected chi connectivity index (χ1v) is 11.0. The van der Waals surface area contributed by atoms with E-state index in [1.165, 1.54) is 17.0 Å². The van der Waals surface area contributed by atoms with E-state index in [2.05, 4.69) is 0 Å². The lowest BCUT2D eigenvalue weighted by Gasteiger charge is -2.30. The highest BCUT2D eigenvalue weighted by atomic mass is 35.5. The summed E-state index contributed by atoms with van der Waals surface area (Å²) in [7, 11) is 0. The number of nitro groups is 1. The van der Waals surface area contributed by atoms with Crippen LogP contribution in [0.4, 0.5) is 11.4 Å². The zero-order valence-electron chi connectivity index (χ0n) is 17.3. The number of halogens is 2. The molecule has 0 aliphatic carbocycles. The van der Waals surface area contributed by atoms with Gasteiger partial charge in [0, 0.05) is 29.8 Å². The Balaban J connectivity index is 1.67. The van der Waals surface area contributed by atoms with Crippen molar-refractivity contribution in [2.24, 2.45) is 0 Å². The van der Waals surface area contributed by atoms with Crippen molar-refractivity contribution in [3.8, 4) is 0 Å². The molecular weight excluding hydrogens is 473 g/mol. The smallest absolute Gasteiger partial charge is 0.288 e. The number of imide groups is 1. The lowest BCUT2D eigenvalue weighted by Crippen LogP contribution is -2.48. The number of carbonyl (C=O) groups is 3. The highest BCUT2D eigenvalue weighted by Crippen LogP contribution is 2.30. The van der Waals surface area contributed by atoms with E-state index in [0.29, 0.717) is 23.7 Å². The summed E-state index contributed by atoms with van der Waals surface area (Å²) >= 11 is 11.8. The minimum absolute atomic E-state index is 0.00529. The van der Waals surface area contributed by atoms with Crippen molar-refractivity contribution in [2.75, 3.05) is 18.1 Å². The number of anilines is 1. The number of nitrogens with zero attached hydrogens (tertiary/aromatic N) is 3. The number of rotatable bonds is 6. The van der Waals surface area contributed by atoms with Gasteiger partial charge in [0.1, 0.15) is 11.1 Å². The molecule has 2 unspecified atom stereocenters. The number of carbonyl (C=O) groups excluding carboxylic acids is 3. The highest BCUT2D eigenvalue weighted by Gasteiger charge is 2.45. The minimum atomic E-state index is -1.07. The molecule has 0 aromatic heterocycles. The third kappa shape index (κ3) is 4.71. The molecular formula is C22H19Cl2N3O6. The van der Waals surface area contributed by atoms with Gasteiger partial charge in [-0.1, -0.05) is 23.2 Å². The topological polar surface area (TPSA) is 110 Å². The molecule has 2 aromatic rings. The number of ether oxygens (including phenoxy) is 1. The first-order valence-electron chi connectivity index (χ1n) is 10.2. The van der Waals surface area contributed by atoms with Gasteiger partial charge in [-0.3, -0.25) is 24.5 Å². The lowest BCUT2D eigenvalue weighted by molar-refractivity contribution is -0.384. The van der Waals surface area contributed by atoms with Crippen LogP contribution >= 0.6 is 23.2 Å². The Morgan fingerprint density at radius 2 is 1.91 bits per heavy atom. The normalized spacial score (nSPS) is 20.4. The molecule has 0 N–H and O–H groups in total. The van der Waals surface area contributed by atoms with Crippen molar-refractivity contribution in [1.29, 1.82) is 0 Å². The van der Waals surface area contributed by atoms with Crippen molar-refractivity contribution in [3.63, 3.8) is 0 Å². The number of amides is 3. The van der Waals surface area contributed by atoms with Gasteiger partial charge in [0.15, 0.2) is 0 Å². The van der Waals surface area contributed by atoms with Gasteiger partial charge in [0.2, 0.25) is 5.91 Å². The predicted octanol–water partition coefficient (Wildman–Crippen LogP) is 3.85. The second kappa shape index (κ2) is 9.46. The van der Waals surface area contributed by atoms with E-state index in [-0.39, 0.29) is 29.7 Å². The fourth-order valence-electron chi connectivity index (χ4n) is 4.03. The Labute approximate surface area is 199 Å². The molecule has 33 heavy (non-hydrogen) atoms. The Hall–Kier alpha value is -3.01. The van der Waals surface area contributed by atoms with E-state index in [0.717, 1.165) is 17.4 Å². The van der Waals surface area contributed by atoms with Crippen LogP contribution in [0, 0.1) is 10.1 Å². The summed E-state index contributed by atoms with van der Waals surface area (Å²) in [5.41, 5.74) is -0.0750. The Morgan fingerprint density at radius 1 is 1.18 bits per heavy atom. The third-order valence-corrected chi connectivity index (χ3v) is 6.23. The first-order chi connectivity index (χ1) is 15.8. The maximum absolute atomic E-state index is 13.5. The van der Waals surface area contributed by atoms with Crippen molar-refractivity contribution in [3.05, 3.63) is 68.2 Å². The van der Waals surface area contributed by atoms with Crippen molar-refractivity contribution in [1.82, 2.24) is 4.90 Å². The number of hydrogen-bond donors (Lipinski definition) is 0. The van der Waals surface area contributed by atoms with Crippen molar-refractivity contribution < 1.29 is 24.0 Å². The number of nitro benzene ring substituents is 1. The summed E-state index contributed by atoms with van der Waals surface area (Å²) < 4.78 is 5.65. The molecule has 2 atom stereocenters. The molecule has 2 aromatic carbocycles. The molecule has 2 aliphatic heterocycles. The fourth-order valence-corrected chi connectivity index (χ4v) is 4.34. The quantitative estimate of drug-likeness (QED) is 0.344. The van der Waals surface area contributed by atoms with Crippen LogP contribution in [0.1, 0.15) is 29.6 Å². The molecule has 0 saturated carbocycles. The Bertz CT molecular complexity index is 1120. The van der Waals surface area contributed by atoms with Gasteiger partial charge in [0.05, 0.1) is 23.1 Å². The largest absolute Gasteiger partial charge is 0.376 e. The molecule has 4 rings (SSSR count). The summed E-state index contributed by atoms with van der Waals surface area (Å²) in [5, 5.41) is 11.6. The maximum atomic E-state index is 13.5. The number of hydrogen-bond acceptors (Lipinski definition) is 6. The van der Waals surface area contributed by atoms with Crippen LogP contribution in [0.5, 0.6) is 0 Å². The van der Waals surface area contributed by atoms with Crippen LogP contribution in [0.2, 0.25) is 10.0 Å². The summed E-state index contributed by atoms with van der Waals surface area (Å²) in [4.78, 5) is 52.4. The Morgan fingerprint density at radius 3 is 2.55 bits per heavy atom. The molecule has 2 saturated heterocycles. The second-order valence-corrected chi connectivity index (χ2v) is 8.62. The third-order valence-electron chi connectivity index (χ3n) is 5.66. The average Bonchev–Trinajstić information content (AvgIpc) is 3.40. The molecule has 11 heteroatoms. The summed E-state index contributed by atoms with van der Waals surface area (Å²) in [6.07, 6.45) is 0.993. The molecule has 2 fully saturated rings. The molecule has 0 bridgehead atoms. The van der Waals surface area contributed by atoms with Crippen LogP contribution < -0.4 is 4.90 Å². The van der Waals surface area contributed by atoms with Crippen LogP contribution in [-0.2, 0) is 14.3 Å². The molecule has 0 spiro atoms. The van der Waals surface area contributed by atoms with Gasteiger partial charge in [-0.15, -0.1) is 0 Å². The Kier molecular flexibility index (Phi) is 6.64. The van der Waals surface area contributed by atoms with E-state index >= 15 is 0 Å². The van der Waals surface area contributed by atoms with Gasteiger partial charge in [-0.25, -0.2) is 4.90 Å². The van der Waals surface area contributed by atoms with Crippen LogP contribution in [0.15, 0.2) is 42.5 Å². The molecule has 0 radical (unpaired) electrons. The molecule has 9 nitrogen and oxygen atoms in total. The van der Waals surface area contributed by atoms with Crippen LogP contribution in [0.25, 0.3) is 0 Å². The van der Waals surface area contributed by atoms with Crippen LogP contribution in [-0.4, -0.2) is 52.8 Å². The average molecular weight is 492 g/mol. The monoisotopic (exact) mass is 491 g/mol. The second-order valence-electron chi connectivity index (χ2n) is 7.78. The van der Waals surface area contributed by atoms with Gasteiger partial charge in [-0.2, -0.15) is 0 Å². The standard InChI is InChI=1S/C22H19Cl2N3O6/c23-14-4-6-15(7-5-14)26-20(28)11-19(22(26)30)25(12-16-2-1-9-33-16)21(29)13-3-8-17(24)18(10-13)27(31)32/h3-8,10,16,19H,1-2,9,11-12H2.